The molecule has 0 aliphatic rings. The van der Waals surface area contributed by atoms with Crippen LogP contribution >= 0.6 is 0 Å². The van der Waals surface area contributed by atoms with Crippen molar-refractivity contribution in [3.05, 3.63) is 60.4 Å². The summed E-state index contributed by atoms with van der Waals surface area (Å²) in [5, 5.41) is 18.1. The second-order valence-electron chi connectivity index (χ2n) is 6.07. The molecule has 0 aromatic carbocycles. The molecule has 2 N–H and O–H groups in total. The van der Waals surface area contributed by atoms with Gasteiger partial charge in [0.05, 0.1) is 0 Å². The van der Waals surface area contributed by atoms with Crippen molar-refractivity contribution in [2.24, 2.45) is 0 Å². The van der Waals surface area contributed by atoms with Gasteiger partial charge in [0, 0.05) is 6.08 Å². The van der Waals surface area contributed by atoms with Crippen molar-refractivity contribution in [3.8, 4) is 0 Å². The van der Waals surface area contributed by atoms with Crippen molar-refractivity contribution in [1.29, 1.82) is 0 Å². The minimum Gasteiger partial charge on any atom is -0.508 e. The van der Waals surface area contributed by atoms with Gasteiger partial charge in [-0.2, -0.15) is 0 Å². The van der Waals surface area contributed by atoms with Crippen LogP contribution in [0.2, 0.25) is 0 Å². The highest BCUT2D eigenvalue weighted by Gasteiger charge is 1.92. The Kier molecular flexibility index (Phi) is 16.8. The highest BCUT2D eigenvalue weighted by Crippen LogP contribution is 2.11. The van der Waals surface area contributed by atoms with E-state index in [0.717, 1.165) is 18.9 Å². The first kappa shape index (κ1) is 23.0. The number of aliphatic hydroxyl groups is 1. The number of aliphatic hydroxyl groups excluding tert-OH is 1. The van der Waals surface area contributed by atoms with E-state index < -0.39 is 5.97 Å². The van der Waals surface area contributed by atoms with E-state index in [1.165, 1.54) is 57.4 Å². The molecule has 0 saturated heterocycles. The third-order valence-electron chi connectivity index (χ3n) is 3.72. The topological polar surface area (TPSA) is 57.5 Å². The van der Waals surface area contributed by atoms with Crippen molar-refractivity contribution in [2.75, 3.05) is 0 Å². The number of rotatable bonds is 15. The van der Waals surface area contributed by atoms with Crippen LogP contribution in [0.1, 0.15) is 71.1 Å². The number of carboxylic acids is 1. The Morgan fingerprint density at radius 1 is 0.680 bits per heavy atom. The van der Waals surface area contributed by atoms with Crippen LogP contribution < -0.4 is 0 Å². The summed E-state index contributed by atoms with van der Waals surface area (Å²) in [4.78, 5) is 10.2. The maximum atomic E-state index is 10.2. The largest absolute Gasteiger partial charge is 0.508 e. The van der Waals surface area contributed by atoms with Crippen LogP contribution in [0, 0.1) is 0 Å². The molecule has 0 bridgehead atoms. The summed E-state index contributed by atoms with van der Waals surface area (Å²) in [6.07, 6.45) is 27.4. The number of hydrogen-bond acceptors (Lipinski definition) is 2. The van der Waals surface area contributed by atoms with Gasteiger partial charge in [-0.15, -0.1) is 0 Å². The van der Waals surface area contributed by atoms with E-state index in [4.69, 9.17) is 5.11 Å². The summed E-state index contributed by atoms with van der Waals surface area (Å²) in [6, 6.07) is 0. The monoisotopic (exact) mass is 346 g/mol. The molecule has 0 aliphatic heterocycles. The summed E-state index contributed by atoms with van der Waals surface area (Å²) in [5.74, 6) is -0.672. The van der Waals surface area contributed by atoms with Crippen molar-refractivity contribution in [3.63, 3.8) is 0 Å². The van der Waals surface area contributed by atoms with Gasteiger partial charge in [0.2, 0.25) is 0 Å². The van der Waals surface area contributed by atoms with E-state index in [9.17, 15) is 9.90 Å². The Bertz CT molecular complexity index is 468. The number of aliphatic carboxylic acids is 1. The van der Waals surface area contributed by atoms with Gasteiger partial charge in [0.1, 0.15) is 5.76 Å². The van der Waals surface area contributed by atoms with Crippen LogP contribution in [0.5, 0.6) is 0 Å². The molecule has 140 valence electrons. The summed E-state index contributed by atoms with van der Waals surface area (Å²) < 4.78 is 0. The molecule has 0 aromatic heterocycles. The van der Waals surface area contributed by atoms with Crippen molar-refractivity contribution < 1.29 is 15.0 Å². The molecule has 0 heterocycles. The summed E-state index contributed by atoms with van der Waals surface area (Å²) in [6.45, 7) is 2.24. The van der Waals surface area contributed by atoms with Gasteiger partial charge in [-0.25, -0.2) is 4.79 Å². The van der Waals surface area contributed by atoms with Crippen molar-refractivity contribution >= 4 is 5.97 Å². The zero-order valence-electron chi connectivity index (χ0n) is 15.6. The number of carbonyl (C=O) groups is 1. The fourth-order valence-electron chi connectivity index (χ4n) is 2.32. The van der Waals surface area contributed by atoms with Gasteiger partial charge in [-0.3, -0.25) is 0 Å². The third kappa shape index (κ3) is 19.9. The molecule has 0 amide bonds. The van der Waals surface area contributed by atoms with E-state index >= 15 is 0 Å². The van der Waals surface area contributed by atoms with Gasteiger partial charge in [-0.05, 0) is 25.0 Å². The second kappa shape index (κ2) is 18.3. The minimum absolute atomic E-state index is 0.291. The van der Waals surface area contributed by atoms with E-state index in [1.54, 1.807) is 36.5 Å². The predicted octanol–water partition coefficient (Wildman–Crippen LogP) is 6.66. The Morgan fingerprint density at radius 3 is 1.72 bits per heavy atom. The van der Waals surface area contributed by atoms with Gasteiger partial charge >= 0.3 is 5.97 Å². The molecule has 0 rings (SSSR count). The van der Waals surface area contributed by atoms with Gasteiger partial charge in [0.25, 0.3) is 0 Å². The molecule has 0 aliphatic carbocycles. The predicted molar refractivity (Wildman–Crippen MR) is 107 cm³/mol. The standard InChI is InChI=1S/C22H34O3/c1-2-3-4-5-6-7-8-9-12-15-18-21(23)19-16-13-10-11-14-17-20-22(24)25/h10-11,13-14,16-20,23H,2-9,12,15H2,1H3,(H,24,25). The quantitative estimate of drug-likeness (QED) is 0.151. The SMILES string of the molecule is CCCCCCCCCCCC=C(O)C=CC=CC=CC=CC(=O)O. The minimum atomic E-state index is -0.962. The Morgan fingerprint density at radius 2 is 1.16 bits per heavy atom. The zero-order chi connectivity index (χ0) is 18.6. The van der Waals surface area contributed by atoms with Crippen LogP contribution in [0.3, 0.4) is 0 Å². The normalized spacial score (nSPS) is 13.1. The number of hydrogen-bond donors (Lipinski definition) is 2. The van der Waals surface area contributed by atoms with E-state index in [2.05, 4.69) is 6.92 Å². The number of unbranched alkanes of at least 4 members (excludes halogenated alkanes) is 9. The Hall–Kier alpha value is -2.03. The fraction of sp³-hybridized carbons (Fsp3) is 0.500. The molecule has 0 fully saturated rings. The first-order valence-corrected chi connectivity index (χ1v) is 9.47. The molecule has 0 atom stereocenters. The molecule has 0 unspecified atom stereocenters. The van der Waals surface area contributed by atoms with Gasteiger partial charge < -0.3 is 10.2 Å². The molecular formula is C22H34O3. The maximum Gasteiger partial charge on any atom is 0.328 e. The first-order chi connectivity index (χ1) is 12.2. The zero-order valence-corrected chi connectivity index (χ0v) is 15.6. The smallest absolute Gasteiger partial charge is 0.328 e. The molecule has 0 saturated carbocycles. The molecule has 3 nitrogen and oxygen atoms in total. The molecule has 3 heteroatoms. The average Bonchev–Trinajstić information content (AvgIpc) is 2.58. The molecule has 0 radical (unpaired) electrons. The molecular weight excluding hydrogens is 312 g/mol. The number of allylic oxidation sites excluding steroid dienone is 8. The second-order valence-corrected chi connectivity index (χ2v) is 6.07. The van der Waals surface area contributed by atoms with Crippen LogP contribution in [-0.4, -0.2) is 16.2 Å². The lowest BCUT2D eigenvalue weighted by molar-refractivity contribution is -0.131. The van der Waals surface area contributed by atoms with Crippen LogP contribution in [0.25, 0.3) is 0 Å². The fourth-order valence-corrected chi connectivity index (χ4v) is 2.32. The summed E-state index contributed by atoms with van der Waals surface area (Å²) in [7, 11) is 0. The van der Waals surface area contributed by atoms with Crippen LogP contribution in [0.15, 0.2) is 60.4 Å². The summed E-state index contributed by atoms with van der Waals surface area (Å²) in [5.41, 5.74) is 0. The van der Waals surface area contributed by atoms with E-state index in [1.807, 2.05) is 6.08 Å². The molecule has 0 aromatic rings. The molecule has 0 spiro atoms. The van der Waals surface area contributed by atoms with E-state index in [-0.39, 0.29) is 0 Å². The highest BCUT2D eigenvalue weighted by atomic mass is 16.4. The molecule has 25 heavy (non-hydrogen) atoms. The number of carboxylic acid groups (broad SMARTS) is 1. The van der Waals surface area contributed by atoms with Crippen molar-refractivity contribution in [2.45, 2.75) is 71.1 Å². The Balaban J connectivity index is 3.65. The third-order valence-corrected chi connectivity index (χ3v) is 3.72. The van der Waals surface area contributed by atoms with Gasteiger partial charge in [-0.1, -0.05) is 94.7 Å². The summed E-state index contributed by atoms with van der Waals surface area (Å²) >= 11 is 0. The Labute approximate surface area is 153 Å². The van der Waals surface area contributed by atoms with Gasteiger partial charge in [0.15, 0.2) is 0 Å². The average molecular weight is 347 g/mol. The van der Waals surface area contributed by atoms with Crippen molar-refractivity contribution in [1.82, 2.24) is 0 Å². The highest BCUT2D eigenvalue weighted by molar-refractivity contribution is 5.80. The lowest BCUT2D eigenvalue weighted by Crippen LogP contribution is -1.84. The van der Waals surface area contributed by atoms with E-state index in [0.29, 0.717) is 5.76 Å². The maximum absolute atomic E-state index is 10.2. The lowest BCUT2D eigenvalue weighted by Gasteiger charge is -2.00. The first-order valence-electron chi connectivity index (χ1n) is 9.47. The van der Waals surface area contributed by atoms with Crippen LogP contribution in [0.4, 0.5) is 0 Å². The lowest BCUT2D eigenvalue weighted by atomic mass is 10.1. The van der Waals surface area contributed by atoms with Crippen LogP contribution in [-0.2, 0) is 4.79 Å².